The van der Waals surface area contributed by atoms with Gasteiger partial charge in [-0.2, -0.15) is 0 Å². The van der Waals surface area contributed by atoms with Crippen molar-refractivity contribution in [3.63, 3.8) is 0 Å². The molecule has 19 heavy (non-hydrogen) atoms. The van der Waals surface area contributed by atoms with Gasteiger partial charge in [0.15, 0.2) is 0 Å². The molecule has 2 rings (SSSR count). The van der Waals surface area contributed by atoms with Crippen LogP contribution in [0.3, 0.4) is 0 Å². The van der Waals surface area contributed by atoms with Crippen LogP contribution in [0.5, 0.6) is 0 Å². The van der Waals surface area contributed by atoms with E-state index in [9.17, 15) is 4.39 Å². The van der Waals surface area contributed by atoms with E-state index in [2.05, 4.69) is 21.2 Å². The summed E-state index contributed by atoms with van der Waals surface area (Å²) in [7, 11) is 0. The molecule has 0 atom stereocenters. The molecule has 5 heteroatoms. The van der Waals surface area contributed by atoms with Crippen LogP contribution in [0.4, 0.5) is 10.1 Å². The number of hydrogen-bond acceptors (Lipinski definition) is 2. The van der Waals surface area contributed by atoms with E-state index in [1.165, 1.54) is 6.07 Å². The maximum absolute atomic E-state index is 13.9. The third-order valence-electron chi connectivity index (χ3n) is 2.65. The van der Waals surface area contributed by atoms with Crippen molar-refractivity contribution in [1.82, 2.24) is 0 Å². The highest BCUT2D eigenvalue weighted by Crippen LogP contribution is 2.25. The largest absolute Gasteiger partial charge is 0.389 e. The maximum atomic E-state index is 13.9. The van der Waals surface area contributed by atoms with Gasteiger partial charge in [0.25, 0.3) is 0 Å². The molecule has 0 aliphatic rings. The highest BCUT2D eigenvalue weighted by molar-refractivity contribution is 9.10. The summed E-state index contributed by atoms with van der Waals surface area (Å²) in [6.07, 6.45) is 0. The number of nitrogens with two attached hydrogens (primary N) is 1. The van der Waals surface area contributed by atoms with Gasteiger partial charge in [-0.05, 0) is 33.6 Å². The Bertz CT molecular complexity index is 602. The lowest BCUT2D eigenvalue weighted by Crippen LogP contribution is -2.11. The molecule has 0 amide bonds. The molecule has 0 spiro atoms. The average Bonchev–Trinajstić information content (AvgIpc) is 2.40. The van der Waals surface area contributed by atoms with Crippen molar-refractivity contribution in [3.05, 3.63) is 63.9 Å². The summed E-state index contributed by atoms with van der Waals surface area (Å²) in [5, 5.41) is 3.05. The first-order chi connectivity index (χ1) is 9.08. The van der Waals surface area contributed by atoms with E-state index >= 15 is 0 Å². The second-order valence-corrected chi connectivity index (χ2v) is 5.31. The van der Waals surface area contributed by atoms with Crippen molar-refractivity contribution in [2.45, 2.75) is 6.54 Å². The highest BCUT2D eigenvalue weighted by Gasteiger charge is 2.09. The van der Waals surface area contributed by atoms with Crippen molar-refractivity contribution in [1.29, 1.82) is 0 Å². The van der Waals surface area contributed by atoms with E-state index in [1.54, 1.807) is 6.07 Å². The Balaban J connectivity index is 2.17. The van der Waals surface area contributed by atoms with Crippen LogP contribution in [0.25, 0.3) is 0 Å². The zero-order valence-electron chi connectivity index (χ0n) is 9.99. The van der Waals surface area contributed by atoms with Crippen molar-refractivity contribution < 1.29 is 4.39 Å². The zero-order chi connectivity index (χ0) is 13.8. The molecule has 0 fully saturated rings. The molecule has 0 bridgehead atoms. The summed E-state index contributed by atoms with van der Waals surface area (Å²) in [4.78, 5) is 0.167. The molecule has 2 nitrogen and oxygen atoms in total. The molecule has 2 aromatic rings. The summed E-state index contributed by atoms with van der Waals surface area (Å²) in [5.74, 6) is -0.373. The summed E-state index contributed by atoms with van der Waals surface area (Å²) >= 11 is 8.19. The van der Waals surface area contributed by atoms with E-state index in [0.717, 1.165) is 5.56 Å². The fourth-order valence-electron chi connectivity index (χ4n) is 1.66. The number of benzene rings is 2. The summed E-state index contributed by atoms with van der Waals surface area (Å²) in [6, 6.07) is 12.8. The van der Waals surface area contributed by atoms with Crippen LogP contribution in [0.15, 0.2) is 46.9 Å². The van der Waals surface area contributed by atoms with Crippen LogP contribution < -0.4 is 11.1 Å². The number of hydrogen-bond donors (Lipinski definition) is 2. The number of thiocarbonyl (C=S) groups is 1. The number of rotatable bonds is 4. The highest BCUT2D eigenvalue weighted by atomic mass is 79.9. The first-order valence-electron chi connectivity index (χ1n) is 5.64. The van der Waals surface area contributed by atoms with Crippen molar-refractivity contribution >= 4 is 38.8 Å². The van der Waals surface area contributed by atoms with E-state index in [-0.39, 0.29) is 10.8 Å². The van der Waals surface area contributed by atoms with Crippen LogP contribution in [-0.2, 0) is 6.54 Å². The fraction of sp³-hybridized carbons (Fsp3) is 0.0714. The molecule has 98 valence electrons. The summed E-state index contributed by atoms with van der Waals surface area (Å²) in [6.45, 7) is 0.552. The van der Waals surface area contributed by atoms with Crippen LogP contribution in [-0.4, -0.2) is 4.99 Å². The SMILES string of the molecule is NC(=S)c1cc(F)c(NCc2ccccc2)cc1Br. The fourth-order valence-corrected chi connectivity index (χ4v) is 2.52. The number of anilines is 1. The molecular formula is C14H12BrFN2S. The summed E-state index contributed by atoms with van der Waals surface area (Å²) in [5.41, 5.74) is 7.50. The second kappa shape index (κ2) is 6.12. The molecule has 0 aromatic heterocycles. The van der Waals surface area contributed by atoms with Gasteiger partial charge >= 0.3 is 0 Å². The quantitative estimate of drug-likeness (QED) is 0.832. The first-order valence-corrected chi connectivity index (χ1v) is 6.84. The van der Waals surface area contributed by atoms with Crippen LogP contribution >= 0.6 is 28.1 Å². The van der Waals surface area contributed by atoms with Gasteiger partial charge in [-0.25, -0.2) is 4.39 Å². The van der Waals surface area contributed by atoms with Gasteiger partial charge < -0.3 is 11.1 Å². The van der Waals surface area contributed by atoms with Gasteiger partial charge in [0.2, 0.25) is 0 Å². The lowest BCUT2D eigenvalue weighted by Gasteiger charge is -2.10. The molecule has 0 aliphatic heterocycles. The zero-order valence-corrected chi connectivity index (χ0v) is 12.4. The minimum atomic E-state index is -0.373. The van der Waals surface area contributed by atoms with Crippen molar-refractivity contribution in [2.75, 3.05) is 5.32 Å². The number of halogens is 2. The van der Waals surface area contributed by atoms with E-state index in [0.29, 0.717) is 22.3 Å². The molecule has 0 saturated carbocycles. The predicted molar refractivity (Wildman–Crippen MR) is 83.8 cm³/mol. The molecule has 0 unspecified atom stereocenters. The topological polar surface area (TPSA) is 38.0 Å². The molecule has 3 N–H and O–H groups in total. The Hall–Kier alpha value is -1.46. The van der Waals surface area contributed by atoms with E-state index in [1.807, 2.05) is 30.3 Å². The maximum Gasteiger partial charge on any atom is 0.147 e. The summed E-state index contributed by atoms with van der Waals surface area (Å²) < 4.78 is 14.6. The Labute approximate surface area is 124 Å². The minimum absolute atomic E-state index is 0.167. The lowest BCUT2D eigenvalue weighted by atomic mass is 10.2. The van der Waals surface area contributed by atoms with Crippen molar-refractivity contribution in [2.24, 2.45) is 5.73 Å². The Morgan fingerprint density at radius 3 is 2.58 bits per heavy atom. The van der Waals surface area contributed by atoms with Crippen molar-refractivity contribution in [3.8, 4) is 0 Å². The standard InChI is InChI=1S/C14H12BrFN2S/c15-11-7-13(12(16)6-10(11)14(17)19)18-8-9-4-2-1-3-5-9/h1-7,18H,8H2,(H2,17,19). The second-order valence-electron chi connectivity index (χ2n) is 4.02. The number of nitrogens with one attached hydrogen (secondary N) is 1. The van der Waals surface area contributed by atoms with Gasteiger partial charge in [-0.15, -0.1) is 0 Å². The Morgan fingerprint density at radius 1 is 1.26 bits per heavy atom. The minimum Gasteiger partial charge on any atom is -0.389 e. The van der Waals surface area contributed by atoms with Gasteiger partial charge in [-0.3, -0.25) is 0 Å². The lowest BCUT2D eigenvalue weighted by molar-refractivity contribution is 0.629. The third kappa shape index (κ3) is 3.52. The molecule has 0 saturated heterocycles. The van der Waals surface area contributed by atoms with Gasteiger partial charge in [0, 0.05) is 16.6 Å². The van der Waals surface area contributed by atoms with Gasteiger partial charge in [0.05, 0.1) is 5.69 Å². The van der Waals surface area contributed by atoms with Crippen LogP contribution in [0, 0.1) is 5.82 Å². The average molecular weight is 339 g/mol. The van der Waals surface area contributed by atoms with Gasteiger partial charge in [0.1, 0.15) is 10.8 Å². The molecular weight excluding hydrogens is 327 g/mol. The van der Waals surface area contributed by atoms with Gasteiger partial charge in [-0.1, -0.05) is 42.5 Å². The molecule has 0 heterocycles. The Kier molecular flexibility index (Phi) is 4.50. The first kappa shape index (κ1) is 14.0. The van der Waals surface area contributed by atoms with Crippen LogP contribution in [0.1, 0.15) is 11.1 Å². The third-order valence-corrected chi connectivity index (χ3v) is 3.52. The van der Waals surface area contributed by atoms with Crippen LogP contribution in [0.2, 0.25) is 0 Å². The van der Waals surface area contributed by atoms with E-state index < -0.39 is 0 Å². The molecule has 2 aromatic carbocycles. The normalized spacial score (nSPS) is 10.2. The molecule has 0 radical (unpaired) electrons. The smallest absolute Gasteiger partial charge is 0.147 e. The predicted octanol–water partition coefficient (Wildman–Crippen LogP) is 3.83. The Morgan fingerprint density at radius 2 is 1.95 bits per heavy atom. The van der Waals surface area contributed by atoms with E-state index in [4.69, 9.17) is 18.0 Å². The monoisotopic (exact) mass is 338 g/mol. The molecule has 0 aliphatic carbocycles.